The highest BCUT2D eigenvalue weighted by Gasteiger charge is 2.20. The number of rotatable bonds is 7. The second kappa shape index (κ2) is 7.59. The maximum Gasteiger partial charge on any atom is 0.321 e. The van der Waals surface area contributed by atoms with Crippen molar-refractivity contribution >= 4 is 17.6 Å². The summed E-state index contributed by atoms with van der Waals surface area (Å²) in [6.45, 7) is 4.41. The summed E-state index contributed by atoms with van der Waals surface area (Å²) in [4.78, 5) is 22.8. The van der Waals surface area contributed by atoms with Crippen LogP contribution in [0.25, 0.3) is 0 Å². The van der Waals surface area contributed by atoms with E-state index in [2.05, 4.69) is 10.6 Å². The number of hydrogen-bond donors (Lipinski definition) is 3. The molecule has 0 fully saturated rings. The molecular formula is C14H19FN2O3. The van der Waals surface area contributed by atoms with Crippen LogP contribution in [0.1, 0.15) is 20.3 Å². The normalized spacial score (nSPS) is 12.2. The molecule has 1 rings (SSSR count). The fourth-order valence-corrected chi connectivity index (χ4v) is 1.56. The van der Waals surface area contributed by atoms with Crippen molar-refractivity contribution in [3.05, 3.63) is 30.1 Å². The molecule has 20 heavy (non-hydrogen) atoms. The molecule has 1 unspecified atom stereocenters. The Balaban J connectivity index is 2.53. The predicted octanol–water partition coefficient (Wildman–Crippen LogP) is 1.85. The highest BCUT2D eigenvalue weighted by atomic mass is 19.1. The molecule has 0 aromatic heterocycles. The van der Waals surface area contributed by atoms with Crippen molar-refractivity contribution in [3.63, 3.8) is 0 Å². The minimum absolute atomic E-state index is 0.181. The molecule has 0 aliphatic heterocycles. The third kappa shape index (κ3) is 5.79. The summed E-state index contributed by atoms with van der Waals surface area (Å²) >= 11 is 0. The van der Waals surface area contributed by atoms with E-state index in [0.717, 1.165) is 0 Å². The van der Waals surface area contributed by atoms with Gasteiger partial charge in [0.25, 0.3) is 0 Å². The summed E-state index contributed by atoms with van der Waals surface area (Å²) in [6, 6.07) is 4.36. The van der Waals surface area contributed by atoms with Gasteiger partial charge in [0.2, 0.25) is 5.91 Å². The Labute approximate surface area is 117 Å². The second-order valence-electron chi connectivity index (χ2n) is 4.95. The number of carbonyl (C=O) groups excluding carboxylic acids is 1. The van der Waals surface area contributed by atoms with Gasteiger partial charge < -0.3 is 15.7 Å². The topological polar surface area (TPSA) is 78.4 Å². The highest BCUT2D eigenvalue weighted by Crippen LogP contribution is 2.09. The van der Waals surface area contributed by atoms with E-state index >= 15 is 0 Å². The highest BCUT2D eigenvalue weighted by molar-refractivity contribution is 5.93. The van der Waals surface area contributed by atoms with E-state index in [9.17, 15) is 14.0 Å². The Bertz CT molecular complexity index is 460. The van der Waals surface area contributed by atoms with E-state index in [1.165, 1.54) is 24.3 Å². The molecule has 0 radical (unpaired) electrons. The van der Waals surface area contributed by atoms with Gasteiger partial charge in [0.05, 0.1) is 6.42 Å². The molecule has 0 aliphatic rings. The molecule has 110 valence electrons. The van der Waals surface area contributed by atoms with Crippen molar-refractivity contribution in [3.8, 4) is 0 Å². The zero-order chi connectivity index (χ0) is 15.1. The van der Waals surface area contributed by atoms with Crippen LogP contribution in [0.2, 0.25) is 0 Å². The first kappa shape index (κ1) is 16.1. The lowest BCUT2D eigenvalue weighted by Crippen LogP contribution is -2.41. The van der Waals surface area contributed by atoms with Crippen molar-refractivity contribution in [2.75, 3.05) is 11.9 Å². The minimum atomic E-state index is -1.07. The van der Waals surface area contributed by atoms with E-state index < -0.39 is 23.7 Å². The van der Waals surface area contributed by atoms with Crippen LogP contribution in [0, 0.1) is 11.7 Å². The Morgan fingerprint density at radius 2 is 1.85 bits per heavy atom. The number of amides is 1. The summed E-state index contributed by atoms with van der Waals surface area (Å²) < 4.78 is 12.7. The van der Waals surface area contributed by atoms with Gasteiger partial charge in [-0.05, 0) is 36.7 Å². The van der Waals surface area contributed by atoms with Gasteiger partial charge in [-0.25, -0.2) is 4.39 Å². The van der Waals surface area contributed by atoms with Gasteiger partial charge in [0, 0.05) is 5.69 Å². The average Bonchev–Trinajstić information content (AvgIpc) is 2.36. The fraction of sp³-hybridized carbons (Fsp3) is 0.429. The first-order chi connectivity index (χ1) is 9.38. The van der Waals surface area contributed by atoms with Gasteiger partial charge in [0.1, 0.15) is 11.9 Å². The van der Waals surface area contributed by atoms with E-state index in [1.807, 2.05) is 13.8 Å². The molecule has 0 bridgehead atoms. The Hall–Kier alpha value is -1.95. The van der Waals surface area contributed by atoms with E-state index in [1.54, 1.807) is 0 Å². The standard InChI is InChI=1S/C14H19FN2O3/c1-9(2)8-16-12(14(19)20)7-13(18)17-11-5-3-10(15)4-6-11/h3-6,9,12,16H,7-8H2,1-2H3,(H,17,18)(H,19,20). The van der Waals surface area contributed by atoms with Crippen molar-refractivity contribution in [2.45, 2.75) is 26.3 Å². The van der Waals surface area contributed by atoms with Crippen LogP contribution in [0.5, 0.6) is 0 Å². The minimum Gasteiger partial charge on any atom is -0.480 e. The average molecular weight is 282 g/mol. The summed E-state index contributed by atoms with van der Waals surface area (Å²) in [5, 5.41) is 14.4. The van der Waals surface area contributed by atoms with E-state index in [4.69, 9.17) is 5.11 Å². The van der Waals surface area contributed by atoms with Crippen LogP contribution in [-0.4, -0.2) is 29.6 Å². The smallest absolute Gasteiger partial charge is 0.321 e. The van der Waals surface area contributed by atoms with Crippen LogP contribution in [0.4, 0.5) is 10.1 Å². The van der Waals surface area contributed by atoms with Crippen LogP contribution in [0.15, 0.2) is 24.3 Å². The Kier molecular flexibility index (Phi) is 6.11. The molecule has 0 saturated carbocycles. The third-order valence-corrected chi connectivity index (χ3v) is 2.59. The van der Waals surface area contributed by atoms with Gasteiger partial charge in [0.15, 0.2) is 0 Å². The zero-order valence-electron chi connectivity index (χ0n) is 11.5. The Morgan fingerprint density at radius 1 is 1.25 bits per heavy atom. The van der Waals surface area contributed by atoms with Crippen LogP contribution in [0.3, 0.4) is 0 Å². The third-order valence-electron chi connectivity index (χ3n) is 2.59. The van der Waals surface area contributed by atoms with Crippen LogP contribution in [-0.2, 0) is 9.59 Å². The first-order valence-corrected chi connectivity index (χ1v) is 6.40. The van der Waals surface area contributed by atoms with E-state index in [-0.39, 0.29) is 12.3 Å². The monoisotopic (exact) mass is 282 g/mol. The molecule has 1 atom stereocenters. The number of halogens is 1. The number of carboxylic acid groups (broad SMARTS) is 1. The van der Waals surface area contributed by atoms with Gasteiger partial charge in [-0.2, -0.15) is 0 Å². The van der Waals surface area contributed by atoms with Crippen LogP contribution >= 0.6 is 0 Å². The lowest BCUT2D eigenvalue weighted by atomic mass is 10.1. The molecule has 1 amide bonds. The van der Waals surface area contributed by atoms with Crippen LogP contribution < -0.4 is 10.6 Å². The lowest BCUT2D eigenvalue weighted by molar-refractivity contribution is -0.141. The number of anilines is 1. The van der Waals surface area contributed by atoms with Gasteiger partial charge in [-0.3, -0.25) is 9.59 Å². The first-order valence-electron chi connectivity index (χ1n) is 6.40. The molecule has 6 heteroatoms. The van der Waals surface area contributed by atoms with Crippen molar-refractivity contribution in [2.24, 2.45) is 5.92 Å². The summed E-state index contributed by atoms with van der Waals surface area (Å²) in [7, 11) is 0. The molecule has 1 aromatic carbocycles. The number of carbonyl (C=O) groups is 2. The van der Waals surface area contributed by atoms with Crippen molar-refractivity contribution in [1.82, 2.24) is 5.32 Å². The largest absolute Gasteiger partial charge is 0.480 e. The molecule has 3 N–H and O–H groups in total. The maximum atomic E-state index is 12.7. The molecular weight excluding hydrogens is 263 g/mol. The summed E-state index contributed by atoms with van der Waals surface area (Å²) in [5.41, 5.74) is 0.435. The zero-order valence-corrected chi connectivity index (χ0v) is 11.5. The quantitative estimate of drug-likeness (QED) is 0.713. The van der Waals surface area contributed by atoms with Crippen molar-refractivity contribution < 1.29 is 19.1 Å². The number of carboxylic acids is 1. The number of benzene rings is 1. The molecule has 0 aliphatic carbocycles. The summed E-state index contributed by atoms with van der Waals surface area (Å²) in [6.07, 6.45) is -0.181. The molecule has 1 aromatic rings. The van der Waals surface area contributed by atoms with Crippen molar-refractivity contribution in [1.29, 1.82) is 0 Å². The SMILES string of the molecule is CC(C)CNC(CC(=O)Nc1ccc(F)cc1)C(=O)O. The second-order valence-corrected chi connectivity index (χ2v) is 4.95. The number of aliphatic carboxylic acids is 1. The molecule has 0 spiro atoms. The Morgan fingerprint density at radius 3 is 2.35 bits per heavy atom. The maximum absolute atomic E-state index is 12.7. The van der Waals surface area contributed by atoms with Gasteiger partial charge >= 0.3 is 5.97 Å². The fourth-order valence-electron chi connectivity index (χ4n) is 1.56. The predicted molar refractivity (Wildman–Crippen MR) is 73.9 cm³/mol. The van der Waals surface area contributed by atoms with Gasteiger partial charge in [-0.1, -0.05) is 13.8 Å². The summed E-state index contributed by atoms with van der Waals surface area (Å²) in [5.74, 6) is -1.61. The lowest BCUT2D eigenvalue weighted by Gasteiger charge is -2.15. The molecule has 0 saturated heterocycles. The van der Waals surface area contributed by atoms with Gasteiger partial charge in [-0.15, -0.1) is 0 Å². The molecule has 5 nitrogen and oxygen atoms in total. The molecule has 0 heterocycles. The number of hydrogen-bond acceptors (Lipinski definition) is 3. The van der Waals surface area contributed by atoms with E-state index in [0.29, 0.717) is 12.2 Å². The number of nitrogens with one attached hydrogen (secondary N) is 2.